The summed E-state index contributed by atoms with van der Waals surface area (Å²) in [6.45, 7) is 0.507. The Morgan fingerprint density at radius 1 is 1.31 bits per heavy atom. The maximum atomic E-state index is 10.6. The molecular weight excluding hydrogens is 335 g/mol. The van der Waals surface area contributed by atoms with Gasteiger partial charge < -0.3 is 4.74 Å². The van der Waals surface area contributed by atoms with Crippen molar-refractivity contribution in [3.05, 3.63) is 49.7 Å². The molecule has 0 aliphatic heterocycles. The fourth-order valence-corrected chi connectivity index (χ4v) is 3.04. The molecule has 0 amide bonds. The van der Waals surface area contributed by atoms with E-state index in [0.29, 0.717) is 6.61 Å². The van der Waals surface area contributed by atoms with E-state index < -0.39 is 0 Å². The molecule has 0 bridgehead atoms. The van der Waals surface area contributed by atoms with Crippen molar-refractivity contribution in [2.24, 2.45) is 0 Å². The molecule has 0 atom stereocenters. The first-order chi connectivity index (χ1) is 7.79. The number of benzene rings is 1. The van der Waals surface area contributed by atoms with Crippen LogP contribution < -0.4 is 4.74 Å². The van der Waals surface area contributed by atoms with Gasteiger partial charge in [0.2, 0.25) is 0 Å². The summed E-state index contributed by atoms with van der Waals surface area (Å²) >= 11 is 3.72. The minimum atomic E-state index is 0.507. The number of ether oxygens (including phenoxy) is 1. The van der Waals surface area contributed by atoms with Crippen molar-refractivity contribution in [1.82, 2.24) is 0 Å². The Hall–Kier alpha value is -0.880. The molecule has 0 aliphatic carbocycles. The molecule has 82 valence electrons. The highest BCUT2D eigenvalue weighted by Gasteiger charge is 2.06. The van der Waals surface area contributed by atoms with Crippen LogP contribution >= 0.6 is 33.9 Å². The standard InChI is InChI=1S/C12H9IO2S/c13-12-9(6-11(7-14)16-12)8-15-10-4-2-1-3-5-10/h1-7H,8H2. The zero-order valence-electron chi connectivity index (χ0n) is 8.35. The van der Waals surface area contributed by atoms with Crippen LogP contribution in [-0.2, 0) is 6.61 Å². The molecular formula is C12H9IO2S. The number of thiophene rings is 1. The van der Waals surface area contributed by atoms with Crippen LogP contribution in [0.5, 0.6) is 5.75 Å². The normalized spacial score (nSPS) is 10.1. The van der Waals surface area contributed by atoms with Crippen LogP contribution in [0.3, 0.4) is 0 Å². The van der Waals surface area contributed by atoms with E-state index in [1.807, 2.05) is 36.4 Å². The maximum absolute atomic E-state index is 10.6. The molecule has 0 unspecified atom stereocenters. The van der Waals surface area contributed by atoms with Gasteiger partial charge in [0.05, 0.1) is 7.76 Å². The quantitative estimate of drug-likeness (QED) is 0.624. The Morgan fingerprint density at radius 2 is 2.06 bits per heavy atom. The van der Waals surface area contributed by atoms with Gasteiger partial charge in [-0.1, -0.05) is 18.2 Å². The number of para-hydroxylation sites is 1. The molecule has 2 aromatic rings. The average molecular weight is 344 g/mol. The SMILES string of the molecule is O=Cc1cc(COc2ccccc2)c(I)s1. The van der Waals surface area contributed by atoms with Crippen LogP contribution in [-0.4, -0.2) is 6.29 Å². The van der Waals surface area contributed by atoms with Gasteiger partial charge in [-0.2, -0.15) is 0 Å². The van der Waals surface area contributed by atoms with E-state index in [1.165, 1.54) is 11.3 Å². The third-order valence-corrected chi connectivity index (χ3v) is 4.27. The van der Waals surface area contributed by atoms with E-state index in [0.717, 1.165) is 25.4 Å². The topological polar surface area (TPSA) is 26.3 Å². The van der Waals surface area contributed by atoms with Gasteiger partial charge in [0, 0.05) is 5.56 Å². The summed E-state index contributed by atoms with van der Waals surface area (Å²) < 4.78 is 6.72. The Balaban J connectivity index is 2.04. The maximum Gasteiger partial charge on any atom is 0.160 e. The van der Waals surface area contributed by atoms with Gasteiger partial charge in [0.1, 0.15) is 12.4 Å². The van der Waals surface area contributed by atoms with Crippen molar-refractivity contribution in [3.63, 3.8) is 0 Å². The predicted molar refractivity (Wildman–Crippen MR) is 73.2 cm³/mol. The van der Waals surface area contributed by atoms with Gasteiger partial charge in [-0.3, -0.25) is 4.79 Å². The van der Waals surface area contributed by atoms with Gasteiger partial charge >= 0.3 is 0 Å². The van der Waals surface area contributed by atoms with Crippen molar-refractivity contribution >= 4 is 40.2 Å². The molecule has 1 aromatic heterocycles. The molecule has 0 aliphatic rings. The number of hydrogen-bond acceptors (Lipinski definition) is 3. The highest BCUT2D eigenvalue weighted by molar-refractivity contribution is 14.1. The van der Waals surface area contributed by atoms with Gasteiger partial charge in [-0.05, 0) is 40.8 Å². The van der Waals surface area contributed by atoms with Crippen LogP contribution in [0.25, 0.3) is 0 Å². The summed E-state index contributed by atoms with van der Waals surface area (Å²) in [4.78, 5) is 11.4. The lowest BCUT2D eigenvalue weighted by molar-refractivity contribution is 0.112. The first-order valence-electron chi connectivity index (χ1n) is 4.71. The van der Waals surface area contributed by atoms with Crippen LogP contribution in [0.1, 0.15) is 15.2 Å². The molecule has 2 rings (SSSR count). The van der Waals surface area contributed by atoms with Crippen LogP contribution in [0.2, 0.25) is 0 Å². The Morgan fingerprint density at radius 3 is 2.69 bits per heavy atom. The Labute approximate surface area is 111 Å². The lowest BCUT2D eigenvalue weighted by Crippen LogP contribution is -1.94. The number of halogens is 1. The summed E-state index contributed by atoms with van der Waals surface area (Å²) in [7, 11) is 0. The molecule has 1 aromatic carbocycles. The summed E-state index contributed by atoms with van der Waals surface area (Å²) in [5.41, 5.74) is 1.07. The van der Waals surface area contributed by atoms with E-state index in [2.05, 4.69) is 22.6 Å². The van der Waals surface area contributed by atoms with E-state index >= 15 is 0 Å². The largest absolute Gasteiger partial charge is 0.489 e. The van der Waals surface area contributed by atoms with E-state index in [4.69, 9.17) is 4.74 Å². The van der Waals surface area contributed by atoms with Crippen molar-refractivity contribution in [1.29, 1.82) is 0 Å². The van der Waals surface area contributed by atoms with Crippen LogP contribution in [0.4, 0.5) is 0 Å². The smallest absolute Gasteiger partial charge is 0.160 e. The number of carbonyl (C=O) groups excluding carboxylic acids is 1. The lowest BCUT2D eigenvalue weighted by atomic mass is 10.3. The van der Waals surface area contributed by atoms with Gasteiger partial charge in [0.15, 0.2) is 6.29 Å². The second kappa shape index (κ2) is 5.45. The number of aldehydes is 1. The summed E-state index contributed by atoms with van der Waals surface area (Å²) in [6.07, 6.45) is 0.874. The highest BCUT2D eigenvalue weighted by Crippen LogP contribution is 2.24. The molecule has 0 fully saturated rings. The van der Waals surface area contributed by atoms with Gasteiger partial charge in [-0.25, -0.2) is 0 Å². The van der Waals surface area contributed by atoms with E-state index in [9.17, 15) is 4.79 Å². The average Bonchev–Trinajstić information content (AvgIpc) is 2.69. The number of rotatable bonds is 4. The molecule has 1 heterocycles. The molecule has 0 saturated heterocycles. The molecule has 0 N–H and O–H groups in total. The third-order valence-electron chi connectivity index (χ3n) is 2.03. The van der Waals surface area contributed by atoms with Crippen LogP contribution in [0, 0.1) is 2.88 Å². The molecule has 2 nitrogen and oxygen atoms in total. The van der Waals surface area contributed by atoms with E-state index in [-0.39, 0.29) is 0 Å². The monoisotopic (exact) mass is 344 g/mol. The molecule has 0 radical (unpaired) electrons. The first-order valence-corrected chi connectivity index (χ1v) is 6.60. The number of carbonyl (C=O) groups is 1. The van der Waals surface area contributed by atoms with Crippen molar-refractivity contribution in [2.75, 3.05) is 0 Å². The number of hydrogen-bond donors (Lipinski definition) is 0. The second-order valence-electron chi connectivity index (χ2n) is 3.17. The first kappa shape index (κ1) is 11.6. The highest BCUT2D eigenvalue weighted by atomic mass is 127. The second-order valence-corrected chi connectivity index (χ2v) is 6.06. The predicted octanol–water partition coefficient (Wildman–Crippen LogP) is 3.74. The van der Waals surface area contributed by atoms with E-state index in [1.54, 1.807) is 0 Å². The fraction of sp³-hybridized carbons (Fsp3) is 0.0833. The van der Waals surface area contributed by atoms with Crippen LogP contribution in [0.15, 0.2) is 36.4 Å². The summed E-state index contributed by atoms with van der Waals surface area (Å²) in [5.74, 6) is 0.845. The molecule has 0 saturated carbocycles. The molecule has 4 heteroatoms. The zero-order valence-corrected chi connectivity index (χ0v) is 11.3. The van der Waals surface area contributed by atoms with Gasteiger partial charge in [0.25, 0.3) is 0 Å². The third kappa shape index (κ3) is 2.82. The fourth-order valence-electron chi connectivity index (χ4n) is 1.26. The van der Waals surface area contributed by atoms with Gasteiger partial charge in [-0.15, -0.1) is 11.3 Å². The summed E-state index contributed by atoms with van der Waals surface area (Å²) in [6, 6.07) is 11.5. The molecule has 0 spiro atoms. The van der Waals surface area contributed by atoms with Crippen molar-refractivity contribution in [2.45, 2.75) is 6.61 Å². The lowest BCUT2D eigenvalue weighted by Gasteiger charge is -2.04. The Bertz CT molecular complexity index is 479. The molecule has 16 heavy (non-hydrogen) atoms. The minimum Gasteiger partial charge on any atom is -0.489 e. The van der Waals surface area contributed by atoms with Crippen molar-refractivity contribution < 1.29 is 9.53 Å². The minimum absolute atomic E-state index is 0.507. The Kier molecular flexibility index (Phi) is 3.95. The summed E-state index contributed by atoms with van der Waals surface area (Å²) in [5, 5.41) is 0. The van der Waals surface area contributed by atoms with Crippen molar-refractivity contribution in [3.8, 4) is 5.75 Å². The zero-order chi connectivity index (χ0) is 11.4.